The van der Waals surface area contributed by atoms with E-state index in [1.165, 1.54) is 7.11 Å². The van der Waals surface area contributed by atoms with E-state index in [1.807, 2.05) is 61.5 Å². The van der Waals surface area contributed by atoms with Crippen molar-refractivity contribution in [3.63, 3.8) is 0 Å². The van der Waals surface area contributed by atoms with Gasteiger partial charge in [-0.2, -0.15) is 0 Å². The summed E-state index contributed by atoms with van der Waals surface area (Å²) >= 11 is 0. The molecule has 0 amide bonds. The molecule has 7 nitrogen and oxygen atoms in total. The van der Waals surface area contributed by atoms with Crippen molar-refractivity contribution < 1.29 is 33.2 Å². The summed E-state index contributed by atoms with van der Waals surface area (Å²) in [6, 6.07) is 30.4. The van der Waals surface area contributed by atoms with Gasteiger partial charge in [0.2, 0.25) is 0 Å². The topological polar surface area (TPSA) is 72.5 Å². The van der Waals surface area contributed by atoms with Crippen LogP contribution in [-0.4, -0.2) is 49.9 Å². The molecule has 7 heteroatoms. The van der Waals surface area contributed by atoms with Crippen LogP contribution in [0.2, 0.25) is 0 Å². The summed E-state index contributed by atoms with van der Waals surface area (Å²) in [5.74, 6) is 0.0565. The molecule has 0 bridgehead atoms. The summed E-state index contributed by atoms with van der Waals surface area (Å²) in [5, 5.41) is 0. The number of ether oxygens (including phenoxy) is 6. The largest absolute Gasteiger partial charge is 0.469 e. The Labute approximate surface area is 261 Å². The Morgan fingerprint density at radius 3 is 1.75 bits per heavy atom. The molecule has 1 aliphatic carbocycles. The van der Waals surface area contributed by atoms with Gasteiger partial charge in [0.25, 0.3) is 0 Å². The number of rotatable bonds is 14. The maximum Gasteiger partial charge on any atom is 0.305 e. The lowest BCUT2D eigenvalue weighted by Gasteiger charge is -2.47. The average molecular weight is 603 g/mol. The van der Waals surface area contributed by atoms with E-state index in [4.69, 9.17) is 28.4 Å². The third kappa shape index (κ3) is 9.22. The molecule has 1 saturated carbocycles. The summed E-state index contributed by atoms with van der Waals surface area (Å²) < 4.78 is 38.3. The summed E-state index contributed by atoms with van der Waals surface area (Å²) in [4.78, 5) is 12.0. The van der Waals surface area contributed by atoms with Crippen molar-refractivity contribution in [3.8, 4) is 0 Å². The molecule has 1 aliphatic heterocycles. The maximum atomic E-state index is 12.0. The highest BCUT2D eigenvalue weighted by atomic mass is 16.7. The van der Waals surface area contributed by atoms with Crippen molar-refractivity contribution in [3.05, 3.63) is 108 Å². The summed E-state index contributed by atoms with van der Waals surface area (Å²) in [5.41, 5.74) is 3.21. The molecule has 3 aromatic carbocycles. The zero-order chi connectivity index (χ0) is 30.6. The predicted octanol–water partition coefficient (Wildman–Crippen LogP) is 7.02. The van der Waals surface area contributed by atoms with E-state index in [0.29, 0.717) is 26.2 Å². The van der Waals surface area contributed by atoms with Crippen molar-refractivity contribution in [1.82, 2.24) is 0 Å². The molecule has 5 rings (SSSR count). The smallest absolute Gasteiger partial charge is 0.305 e. The first-order chi connectivity index (χ1) is 21.6. The van der Waals surface area contributed by atoms with E-state index in [-0.39, 0.29) is 30.2 Å². The Kier molecular flexibility index (Phi) is 12.4. The molecule has 0 aromatic heterocycles. The molecule has 0 unspecified atom stereocenters. The Morgan fingerprint density at radius 1 is 0.705 bits per heavy atom. The van der Waals surface area contributed by atoms with Crippen LogP contribution in [0, 0.1) is 5.92 Å². The lowest BCUT2D eigenvalue weighted by molar-refractivity contribution is -0.333. The van der Waals surface area contributed by atoms with Crippen LogP contribution in [0.5, 0.6) is 0 Å². The molecule has 3 aromatic rings. The number of hydrogen-bond acceptors (Lipinski definition) is 7. The average Bonchev–Trinajstić information content (AvgIpc) is 3.07. The van der Waals surface area contributed by atoms with Gasteiger partial charge in [0, 0.05) is 6.42 Å². The Hall–Kier alpha value is -3.07. The van der Waals surface area contributed by atoms with Crippen molar-refractivity contribution in [2.75, 3.05) is 7.11 Å². The van der Waals surface area contributed by atoms with E-state index in [1.54, 1.807) is 0 Å². The number of carbonyl (C=O) groups excluding carboxylic acids is 1. The SMILES string of the molecule is COC(=O)CC[C@H]1CCCC[C@H]1O[C@@H]1O[C@H](C)[C@H](OCc2ccccc2)[C@H](OCc2ccccc2)[C@H]1OCc1ccccc1. The highest BCUT2D eigenvalue weighted by molar-refractivity contribution is 5.69. The molecule has 0 spiro atoms. The number of carbonyl (C=O) groups is 1. The fourth-order valence-electron chi connectivity index (χ4n) is 6.24. The molecule has 236 valence electrons. The van der Waals surface area contributed by atoms with Crippen molar-refractivity contribution in [2.24, 2.45) is 5.92 Å². The molecule has 2 fully saturated rings. The minimum Gasteiger partial charge on any atom is -0.469 e. The number of methoxy groups -OCH3 is 1. The first-order valence-electron chi connectivity index (χ1n) is 15.9. The number of esters is 1. The van der Waals surface area contributed by atoms with Gasteiger partial charge in [0.15, 0.2) is 6.29 Å². The van der Waals surface area contributed by atoms with Gasteiger partial charge < -0.3 is 28.4 Å². The lowest BCUT2D eigenvalue weighted by atomic mass is 9.83. The number of benzene rings is 3. The fourth-order valence-corrected chi connectivity index (χ4v) is 6.24. The van der Waals surface area contributed by atoms with Gasteiger partial charge in [0.05, 0.1) is 39.1 Å². The minimum atomic E-state index is -0.658. The van der Waals surface area contributed by atoms with Crippen LogP contribution in [0.15, 0.2) is 91.0 Å². The van der Waals surface area contributed by atoms with E-state index in [2.05, 4.69) is 36.4 Å². The van der Waals surface area contributed by atoms with Crippen LogP contribution in [-0.2, 0) is 53.0 Å². The highest BCUT2D eigenvalue weighted by Crippen LogP contribution is 2.36. The Morgan fingerprint density at radius 2 is 1.20 bits per heavy atom. The van der Waals surface area contributed by atoms with Crippen LogP contribution in [0.4, 0.5) is 0 Å². The lowest BCUT2D eigenvalue weighted by Crippen LogP contribution is -2.60. The van der Waals surface area contributed by atoms with Gasteiger partial charge in [-0.05, 0) is 48.8 Å². The fraction of sp³-hybridized carbons (Fsp3) is 0.486. The number of hydrogen-bond donors (Lipinski definition) is 0. The molecular formula is C37H46O7. The second-order valence-electron chi connectivity index (χ2n) is 11.8. The molecule has 44 heavy (non-hydrogen) atoms. The van der Waals surface area contributed by atoms with Crippen molar-refractivity contribution >= 4 is 5.97 Å². The van der Waals surface area contributed by atoms with Crippen LogP contribution in [0.3, 0.4) is 0 Å². The van der Waals surface area contributed by atoms with Gasteiger partial charge in [-0.15, -0.1) is 0 Å². The summed E-state index contributed by atoms with van der Waals surface area (Å²) in [6.07, 6.45) is 2.84. The second kappa shape index (κ2) is 16.8. The normalized spacial score (nSPS) is 27.1. The molecule has 0 radical (unpaired) electrons. The van der Waals surface area contributed by atoms with Gasteiger partial charge in [-0.3, -0.25) is 4.79 Å². The van der Waals surface area contributed by atoms with Crippen LogP contribution >= 0.6 is 0 Å². The third-order valence-corrected chi connectivity index (χ3v) is 8.68. The van der Waals surface area contributed by atoms with Crippen molar-refractivity contribution in [2.45, 2.75) is 102 Å². The third-order valence-electron chi connectivity index (χ3n) is 8.68. The maximum absolute atomic E-state index is 12.0. The summed E-state index contributed by atoms with van der Waals surface area (Å²) in [6.45, 7) is 3.25. The van der Waals surface area contributed by atoms with E-state index >= 15 is 0 Å². The predicted molar refractivity (Wildman–Crippen MR) is 167 cm³/mol. The highest BCUT2D eigenvalue weighted by Gasteiger charge is 2.48. The van der Waals surface area contributed by atoms with Gasteiger partial charge in [-0.25, -0.2) is 0 Å². The van der Waals surface area contributed by atoms with E-state index in [0.717, 1.165) is 48.8 Å². The zero-order valence-corrected chi connectivity index (χ0v) is 25.9. The van der Waals surface area contributed by atoms with Gasteiger partial charge >= 0.3 is 5.97 Å². The standard InChI is InChI=1S/C37H46O7/c1-27-34(40-24-28-14-6-3-7-15-28)35(41-25-29-16-8-4-9-17-29)36(42-26-30-18-10-5-11-19-30)37(43-27)44-32-21-13-12-20-31(32)22-23-33(38)39-2/h3-11,14-19,27,31-32,34-37H,12-13,20-26H2,1-2H3/t27-,31-,32-,34+,35+,36-,37+/m1/s1. The molecule has 1 saturated heterocycles. The Balaban J connectivity index is 1.39. The molecule has 2 aliphatic rings. The van der Waals surface area contributed by atoms with E-state index in [9.17, 15) is 4.79 Å². The van der Waals surface area contributed by atoms with Crippen LogP contribution in [0.25, 0.3) is 0 Å². The first-order valence-corrected chi connectivity index (χ1v) is 15.9. The van der Waals surface area contributed by atoms with Crippen molar-refractivity contribution in [1.29, 1.82) is 0 Å². The van der Waals surface area contributed by atoms with Gasteiger partial charge in [-0.1, -0.05) is 104 Å². The quantitative estimate of drug-likeness (QED) is 0.184. The first kappa shape index (κ1) is 32.3. The zero-order valence-electron chi connectivity index (χ0n) is 25.9. The van der Waals surface area contributed by atoms with E-state index < -0.39 is 18.5 Å². The van der Waals surface area contributed by atoms with Crippen LogP contribution < -0.4 is 0 Å². The Bertz CT molecular complexity index is 1240. The minimum absolute atomic E-state index is 0.0509. The molecule has 0 N–H and O–H groups in total. The summed E-state index contributed by atoms with van der Waals surface area (Å²) in [7, 11) is 1.44. The molecule has 1 heterocycles. The van der Waals surface area contributed by atoms with Crippen LogP contribution in [0.1, 0.15) is 62.1 Å². The molecular weight excluding hydrogens is 556 g/mol. The van der Waals surface area contributed by atoms with Gasteiger partial charge in [0.1, 0.15) is 18.3 Å². The monoisotopic (exact) mass is 602 g/mol. The second-order valence-corrected chi connectivity index (χ2v) is 11.8. The molecule has 7 atom stereocenters.